The molecule has 0 saturated carbocycles. The van der Waals surface area contributed by atoms with E-state index in [1.54, 1.807) is 109 Å². The lowest BCUT2D eigenvalue weighted by Gasteiger charge is -2.14. The monoisotopic (exact) mass is 1330 g/mol. The zero-order chi connectivity index (χ0) is 62.0. The first-order chi connectivity index (χ1) is 41.1. The lowest BCUT2D eigenvalue weighted by Crippen LogP contribution is -2.32. The van der Waals surface area contributed by atoms with Gasteiger partial charge in [0.2, 0.25) is 0 Å². The minimum atomic E-state index is -3.64. The second kappa shape index (κ2) is 34.8. The fourth-order valence-corrected chi connectivity index (χ4v) is 10.6. The summed E-state index contributed by atoms with van der Waals surface area (Å²) in [5.74, 6) is 2.07. The molecule has 1 aliphatic carbocycles. The number of nitrogens with one attached hydrogen (secondary N) is 3. The van der Waals surface area contributed by atoms with E-state index < -0.39 is 35.2 Å². The number of hydrogen-bond donors (Lipinski definition) is 6. The van der Waals surface area contributed by atoms with Gasteiger partial charge in [0.05, 0.1) is 55.2 Å². The van der Waals surface area contributed by atoms with Gasteiger partial charge in [0.15, 0.2) is 4.91 Å². The molecule has 0 unspecified atom stereocenters. The predicted molar refractivity (Wildman–Crippen MR) is 342 cm³/mol. The molecule has 10 rings (SSSR count). The molecule has 8 N–H and O–H groups in total. The van der Waals surface area contributed by atoms with E-state index in [1.165, 1.54) is 36.4 Å². The van der Waals surface area contributed by atoms with Gasteiger partial charge in [-0.15, -0.1) is 0 Å². The average molecular weight is 1330 g/mol. The van der Waals surface area contributed by atoms with Crippen LogP contribution in [0.15, 0.2) is 209 Å². The van der Waals surface area contributed by atoms with Gasteiger partial charge in [-0.05, 0) is 158 Å². The Bertz CT molecular complexity index is 3660. The molecule has 17 nitrogen and oxygen atoms in total. The Morgan fingerprint density at radius 1 is 0.593 bits per heavy atom. The maximum atomic E-state index is 12.4. The van der Waals surface area contributed by atoms with Crippen molar-refractivity contribution < 1.29 is 54.0 Å². The molecule has 3 aliphatic rings. The van der Waals surface area contributed by atoms with Crippen LogP contribution in [0.5, 0.6) is 17.2 Å². The van der Waals surface area contributed by atoms with E-state index in [2.05, 4.69) is 20.8 Å². The van der Waals surface area contributed by atoms with Crippen LogP contribution in [0.1, 0.15) is 11.1 Å². The fourth-order valence-electron chi connectivity index (χ4n) is 6.98. The minimum Gasteiger partial charge on any atom is -0.491 e. The van der Waals surface area contributed by atoms with Crippen LogP contribution in [0.3, 0.4) is 0 Å². The van der Waals surface area contributed by atoms with Crippen LogP contribution < -0.4 is 40.4 Å². The Morgan fingerprint density at radius 3 is 1.43 bits per heavy atom. The molecule has 7 aromatic carbocycles. The van der Waals surface area contributed by atoms with Gasteiger partial charge in [-0.3, -0.25) is 9.44 Å². The molecule has 7 aromatic rings. The van der Waals surface area contributed by atoms with Crippen molar-refractivity contribution in [2.24, 2.45) is 5.73 Å². The molecule has 0 bridgehead atoms. The van der Waals surface area contributed by atoms with Crippen molar-refractivity contribution >= 4 is 103 Å². The normalized spacial score (nSPS) is 14.8. The molecule has 2 aliphatic heterocycles. The number of epoxide rings is 2. The van der Waals surface area contributed by atoms with Gasteiger partial charge in [-0.1, -0.05) is 94.9 Å². The third-order valence-corrected chi connectivity index (χ3v) is 17.3. The first kappa shape index (κ1) is 68.7. The molecule has 0 radical (unpaired) electrons. The maximum Gasteiger partial charge on any atom is 0.286 e. The van der Waals surface area contributed by atoms with E-state index in [4.69, 9.17) is 92.2 Å². The zero-order valence-electron chi connectivity index (χ0n) is 46.0. The van der Waals surface area contributed by atoms with Crippen LogP contribution in [0, 0.1) is 6.08 Å². The molecule has 0 aromatic heterocycles. The number of aliphatic hydroxyl groups is 1. The molecule has 0 spiro atoms. The number of ether oxygens (including phenoxy) is 5. The summed E-state index contributed by atoms with van der Waals surface area (Å²) in [6, 6.07) is 48.1. The summed E-state index contributed by atoms with van der Waals surface area (Å²) in [6.45, 7) is 4.53. The molecule has 456 valence electrons. The number of sulfonamides is 2. The highest BCUT2D eigenvalue weighted by atomic mass is 35.7. The second-order valence-electron chi connectivity index (χ2n) is 18.6. The molecule has 2 heterocycles. The van der Waals surface area contributed by atoms with Crippen LogP contribution in [-0.2, 0) is 51.4 Å². The van der Waals surface area contributed by atoms with Crippen molar-refractivity contribution in [2.45, 2.75) is 40.9 Å². The topological polar surface area (TPSA) is 264 Å². The highest BCUT2D eigenvalue weighted by Gasteiger charge is 2.24. The molecular weight excluding hydrogens is 1270 g/mol. The van der Waals surface area contributed by atoms with E-state index >= 15 is 0 Å². The van der Waals surface area contributed by atoms with E-state index in [0.29, 0.717) is 81.9 Å². The van der Waals surface area contributed by atoms with Gasteiger partial charge in [0, 0.05) is 40.4 Å². The SMILES string of the molecule is NCCc1ccc(Cl)c(Cl)c1.Nc1ccc(OC[C@@H]2CO2)cc1.O=S(=O)(Cl)C1=CC=[C+]C=C1.O=S(=O)(Nc1ccc(OC[C@@H](O)CNCCc2ccc(Cl)c(Cl)c2)cc1)c1ccccc1.O=S(=O)(Nc1ccc(OC[C@@H]2CO2)cc1)c1ccccc1. The highest BCUT2D eigenvalue weighted by Crippen LogP contribution is 2.26. The number of halogens is 5. The Morgan fingerprint density at radius 2 is 1.03 bits per heavy atom. The van der Waals surface area contributed by atoms with Gasteiger partial charge >= 0.3 is 0 Å². The molecule has 25 heteroatoms. The summed E-state index contributed by atoms with van der Waals surface area (Å²) in [7, 11) is -5.73. The Kier molecular flexibility index (Phi) is 27.8. The minimum absolute atomic E-state index is 0.105. The predicted octanol–water partition coefficient (Wildman–Crippen LogP) is 11.5. The molecule has 2 saturated heterocycles. The first-order valence-corrected chi connectivity index (χ1v) is 33.1. The van der Waals surface area contributed by atoms with Gasteiger partial charge in [0.1, 0.15) is 67.5 Å². The fraction of sp³-hybridized carbons (Fsp3) is 0.213. The number of hydrogen-bond acceptors (Lipinski definition) is 15. The summed E-state index contributed by atoms with van der Waals surface area (Å²) < 4.78 is 102. The third-order valence-electron chi connectivity index (χ3n) is 11.7. The van der Waals surface area contributed by atoms with Gasteiger partial charge in [-0.2, -0.15) is 0 Å². The van der Waals surface area contributed by atoms with Crippen molar-refractivity contribution in [3.63, 3.8) is 0 Å². The largest absolute Gasteiger partial charge is 0.491 e. The summed E-state index contributed by atoms with van der Waals surface area (Å²) in [5, 5.41) is 15.5. The van der Waals surface area contributed by atoms with Crippen molar-refractivity contribution in [1.29, 1.82) is 0 Å². The molecular formula is C61H63Cl5N5O12S3+. The number of benzene rings is 7. The average Bonchev–Trinajstić information content (AvgIpc) is 4.63. The summed E-state index contributed by atoms with van der Waals surface area (Å²) >= 11 is 23.4. The molecule has 86 heavy (non-hydrogen) atoms. The summed E-state index contributed by atoms with van der Waals surface area (Å²) in [6.07, 6.45) is 9.86. The summed E-state index contributed by atoms with van der Waals surface area (Å²) in [5.41, 5.74) is 14.7. The lowest BCUT2D eigenvalue weighted by molar-refractivity contribution is 0.106. The zero-order valence-corrected chi connectivity index (χ0v) is 52.2. The van der Waals surface area contributed by atoms with Gasteiger partial charge in [-0.25, -0.2) is 25.3 Å². The quantitative estimate of drug-likeness (QED) is 0.0114. The number of nitrogens with two attached hydrogens (primary N) is 2. The Labute approximate surface area is 527 Å². The maximum absolute atomic E-state index is 12.4. The molecule has 2 fully saturated rings. The van der Waals surface area contributed by atoms with Crippen LogP contribution in [0.4, 0.5) is 17.1 Å². The van der Waals surface area contributed by atoms with Crippen LogP contribution in [-0.4, -0.2) is 101 Å². The van der Waals surface area contributed by atoms with E-state index in [0.717, 1.165) is 48.6 Å². The van der Waals surface area contributed by atoms with Crippen molar-refractivity contribution in [2.75, 3.05) is 67.8 Å². The van der Waals surface area contributed by atoms with Crippen molar-refractivity contribution in [1.82, 2.24) is 5.32 Å². The smallest absolute Gasteiger partial charge is 0.286 e. The second-order valence-corrected chi connectivity index (χ2v) is 26.2. The van der Waals surface area contributed by atoms with E-state index in [9.17, 15) is 30.4 Å². The highest BCUT2D eigenvalue weighted by molar-refractivity contribution is 8.17. The van der Waals surface area contributed by atoms with Crippen LogP contribution in [0.2, 0.25) is 20.1 Å². The Balaban J connectivity index is 0.000000187. The Hall–Kier alpha value is -6.43. The first-order valence-electron chi connectivity index (χ1n) is 26.4. The van der Waals surface area contributed by atoms with Gasteiger partial charge in [0.25, 0.3) is 29.1 Å². The van der Waals surface area contributed by atoms with Crippen LogP contribution in [0.25, 0.3) is 0 Å². The van der Waals surface area contributed by atoms with Crippen molar-refractivity contribution in [3.8, 4) is 17.2 Å². The third kappa shape index (κ3) is 25.9. The molecule has 3 atom stereocenters. The molecule has 0 amide bonds. The number of allylic oxidation sites excluding steroid dienone is 5. The number of anilines is 3. The van der Waals surface area contributed by atoms with E-state index in [-0.39, 0.29) is 27.4 Å². The number of rotatable bonds is 23. The number of aliphatic hydroxyl groups excluding tert-OH is 1. The standard InChI is InChI=1S/C23H24Cl2N2O4S.C15H15NO4S.C9H11NO2.C8H9Cl2N.C6H4ClO2S/c24-22-11-6-17(14-23(22)25)12-13-26-15-19(28)16-31-20-9-7-18(8-10-20)27-32(29,30)21-4-2-1-3-5-21;17-21(18,15-4-2-1-3-5-15)16-12-6-8-13(9-7-12)19-10-14-11-20-14;10-7-1-3-8(4-2-7)11-5-9-6-12-9;9-7-2-1-6(3-4-11)5-8(7)10;7-10(8,9)6-4-2-1-3-5-6/h1-11,14,19,26-28H,12-13,15-16H2;1-9,14,16H,10-11H2;1-4,9H,5-6,10H2;1-2,5H,3-4,11H2;2-5H/q;;;;+1/t19-;14-;9-;;/m011../s1. The number of nitrogen functional groups attached to an aromatic ring is 1. The van der Waals surface area contributed by atoms with Crippen LogP contribution >= 0.6 is 57.1 Å². The van der Waals surface area contributed by atoms with E-state index in [1.807, 2.05) is 48.5 Å². The van der Waals surface area contributed by atoms with Gasteiger partial charge < -0.3 is 45.6 Å². The lowest BCUT2D eigenvalue weighted by atomic mass is 10.1. The summed E-state index contributed by atoms with van der Waals surface area (Å²) in [4.78, 5) is 0.527. The van der Waals surface area contributed by atoms with Crippen molar-refractivity contribution in [3.05, 3.63) is 236 Å².